The fourth-order valence-corrected chi connectivity index (χ4v) is 2.54. The normalized spacial score (nSPS) is 10.9. The van der Waals surface area contributed by atoms with Crippen LogP contribution in [-0.4, -0.2) is 34.7 Å². The summed E-state index contributed by atoms with van der Waals surface area (Å²) >= 11 is 0. The van der Waals surface area contributed by atoms with Crippen molar-refractivity contribution in [3.8, 4) is 0 Å². The standard InChI is InChI=1S/C18H19N3O2/c1-20(23-2)18(22)10-17-11-19-13-21(17)12-14-7-8-15-5-3-4-6-16(15)9-14/h3-9,11,13H,10,12H2,1-2H3. The molecule has 0 fully saturated rings. The average molecular weight is 309 g/mol. The Morgan fingerprint density at radius 3 is 2.78 bits per heavy atom. The molecule has 2 aromatic carbocycles. The molecule has 1 amide bonds. The molecule has 0 radical (unpaired) electrons. The number of hydrogen-bond donors (Lipinski definition) is 0. The number of carbonyl (C=O) groups excluding carboxylic acids is 1. The van der Waals surface area contributed by atoms with Crippen LogP contribution in [0, 0.1) is 0 Å². The highest BCUT2D eigenvalue weighted by atomic mass is 16.7. The smallest absolute Gasteiger partial charge is 0.251 e. The number of fused-ring (bicyclic) bond motifs is 1. The summed E-state index contributed by atoms with van der Waals surface area (Å²) in [5.41, 5.74) is 2.04. The SMILES string of the molecule is CON(C)C(=O)Cc1cncn1Cc1ccc2ccccc2c1. The van der Waals surface area contributed by atoms with Gasteiger partial charge in [-0.1, -0.05) is 36.4 Å². The molecule has 3 rings (SSSR count). The Balaban J connectivity index is 1.80. The number of imidazole rings is 1. The first kappa shape index (κ1) is 15.2. The van der Waals surface area contributed by atoms with Gasteiger partial charge in [0.05, 0.1) is 19.9 Å². The first-order valence-electron chi connectivity index (χ1n) is 7.44. The lowest BCUT2D eigenvalue weighted by Gasteiger charge is -2.14. The van der Waals surface area contributed by atoms with E-state index in [4.69, 9.17) is 4.84 Å². The van der Waals surface area contributed by atoms with Gasteiger partial charge < -0.3 is 4.57 Å². The summed E-state index contributed by atoms with van der Waals surface area (Å²) in [6.45, 7) is 0.685. The van der Waals surface area contributed by atoms with E-state index in [1.54, 1.807) is 19.6 Å². The molecule has 0 aliphatic rings. The molecule has 5 nitrogen and oxygen atoms in total. The van der Waals surface area contributed by atoms with E-state index in [-0.39, 0.29) is 12.3 Å². The van der Waals surface area contributed by atoms with Gasteiger partial charge in [-0.15, -0.1) is 0 Å². The lowest BCUT2D eigenvalue weighted by molar-refractivity contribution is -0.167. The molecule has 0 unspecified atom stereocenters. The Hall–Kier alpha value is -2.66. The Labute approximate surface area is 135 Å². The van der Waals surface area contributed by atoms with Gasteiger partial charge in [0, 0.05) is 25.5 Å². The zero-order valence-electron chi connectivity index (χ0n) is 13.3. The van der Waals surface area contributed by atoms with Crippen molar-refractivity contribution in [2.45, 2.75) is 13.0 Å². The van der Waals surface area contributed by atoms with Gasteiger partial charge in [-0.3, -0.25) is 9.63 Å². The van der Waals surface area contributed by atoms with Crippen LogP contribution < -0.4 is 0 Å². The number of carbonyl (C=O) groups is 1. The van der Waals surface area contributed by atoms with Crippen LogP contribution in [0.1, 0.15) is 11.3 Å². The molecule has 0 bridgehead atoms. The monoisotopic (exact) mass is 309 g/mol. The number of hydroxylamine groups is 2. The number of likely N-dealkylation sites (N-methyl/N-ethyl adjacent to an activating group) is 1. The van der Waals surface area contributed by atoms with Crippen LogP contribution in [0.3, 0.4) is 0 Å². The van der Waals surface area contributed by atoms with Crippen LogP contribution in [0.2, 0.25) is 0 Å². The van der Waals surface area contributed by atoms with E-state index in [0.717, 1.165) is 5.69 Å². The van der Waals surface area contributed by atoms with Crippen molar-refractivity contribution in [3.63, 3.8) is 0 Å². The lowest BCUT2D eigenvalue weighted by atomic mass is 10.1. The molecule has 1 heterocycles. The highest BCUT2D eigenvalue weighted by molar-refractivity contribution is 5.83. The summed E-state index contributed by atoms with van der Waals surface area (Å²) in [4.78, 5) is 21.1. The van der Waals surface area contributed by atoms with E-state index in [2.05, 4.69) is 35.3 Å². The molecule has 0 saturated heterocycles. The minimum atomic E-state index is -0.104. The van der Waals surface area contributed by atoms with E-state index >= 15 is 0 Å². The van der Waals surface area contributed by atoms with Crippen molar-refractivity contribution < 1.29 is 9.63 Å². The number of benzene rings is 2. The molecule has 1 aromatic heterocycles. The van der Waals surface area contributed by atoms with Crippen LogP contribution in [0.5, 0.6) is 0 Å². The highest BCUT2D eigenvalue weighted by Gasteiger charge is 2.12. The molecule has 0 atom stereocenters. The number of amides is 1. The van der Waals surface area contributed by atoms with Gasteiger partial charge in [0.15, 0.2) is 0 Å². The summed E-state index contributed by atoms with van der Waals surface area (Å²) in [6, 6.07) is 14.7. The van der Waals surface area contributed by atoms with Crippen LogP contribution in [-0.2, 0) is 22.6 Å². The molecule has 0 aliphatic heterocycles. The topological polar surface area (TPSA) is 47.4 Å². The largest absolute Gasteiger partial charge is 0.330 e. The maximum absolute atomic E-state index is 12.0. The Kier molecular flexibility index (Phi) is 4.39. The van der Waals surface area contributed by atoms with Crippen molar-refractivity contribution >= 4 is 16.7 Å². The Morgan fingerprint density at radius 2 is 2.00 bits per heavy atom. The third-order valence-electron chi connectivity index (χ3n) is 3.92. The van der Waals surface area contributed by atoms with E-state index in [1.807, 2.05) is 16.7 Å². The third kappa shape index (κ3) is 3.40. The van der Waals surface area contributed by atoms with Crippen LogP contribution >= 0.6 is 0 Å². The van der Waals surface area contributed by atoms with Gasteiger partial charge in [-0.05, 0) is 22.4 Å². The molecular weight excluding hydrogens is 290 g/mol. The van der Waals surface area contributed by atoms with Crippen LogP contribution in [0.25, 0.3) is 10.8 Å². The lowest BCUT2D eigenvalue weighted by Crippen LogP contribution is -2.27. The van der Waals surface area contributed by atoms with Crippen LogP contribution in [0.15, 0.2) is 55.0 Å². The van der Waals surface area contributed by atoms with Gasteiger partial charge in [0.25, 0.3) is 5.91 Å². The van der Waals surface area contributed by atoms with Crippen molar-refractivity contribution in [2.75, 3.05) is 14.2 Å². The fourth-order valence-electron chi connectivity index (χ4n) is 2.54. The van der Waals surface area contributed by atoms with Crippen molar-refractivity contribution in [1.29, 1.82) is 0 Å². The van der Waals surface area contributed by atoms with Crippen LogP contribution in [0.4, 0.5) is 0 Å². The zero-order chi connectivity index (χ0) is 16.2. The highest BCUT2D eigenvalue weighted by Crippen LogP contribution is 2.17. The molecule has 0 spiro atoms. The molecule has 0 aliphatic carbocycles. The van der Waals surface area contributed by atoms with E-state index in [1.165, 1.54) is 28.5 Å². The number of hydrogen-bond acceptors (Lipinski definition) is 3. The van der Waals surface area contributed by atoms with Crippen molar-refractivity contribution in [2.24, 2.45) is 0 Å². The predicted octanol–water partition coefficient (Wildman–Crippen LogP) is 2.65. The predicted molar refractivity (Wildman–Crippen MR) is 88.8 cm³/mol. The molecular formula is C18H19N3O2. The second kappa shape index (κ2) is 6.62. The number of aromatic nitrogens is 2. The first-order valence-corrected chi connectivity index (χ1v) is 7.44. The third-order valence-corrected chi connectivity index (χ3v) is 3.92. The van der Waals surface area contributed by atoms with Gasteiger partial charge in [0.2, 0.25) is 0 Å². The molecule has 23 heavy (non-hydrogen) atoms. The Morgan fingerprint density at radius 1 is 1.22 bits per heavy atom. The average Bonchev–Trinajstić information content (AvgIpc) is 3.00. The summed E-state index contributed by atoms with van der Waals surface area (Å²) in [7, 11) is 3.08. The van der Waals surface area contributed by atoms with Gasteiger partial charge in [-0.25, -0.2) is 10.0 Å². The minimum Gasteiger partial charge on any atom is -0.330 e. The maximum Gasteiger partial charge on any atom is 0.251 e. The molecule has 0 N–H and O–H groups in total. The molecule has 0 saturated carbocycles. The van der Waals surface area contributed by atoms with E-state index < -0.39 is 0 Å². The van der Waals surface area contributed by atoms with Crippen molar-refractivity contribution in [3.05, 3.63) is 66.2 Å². The molecule has 3 aromatic rings. The first-order chi connectivity index (χ1) is 11.2. The van der Waals surface area contributed by atoms with E-state index in [9.17, 15) is 4.79 Å². The second-order valence-corrected chi connectivity index (χ2v) is 5.44. The maximum atomic E-state index is 12.0. The molecule has 5 heteroatoms. The summed E-state index contributed by atoms with van der Waals surface area (Å²) in [5.74, 6) is -0.104. The van der Waals surface area contributed by atoms with Gasteiger partial charge in [0.1, 0.15) is 0 Å². The van der Waals surface area contributed by atoms with Gasteiger partial charge in [-0.2, -0.15) is 0 Å². The minimum absolute atomic E-state index is 0.104. The Bertz CT molecular complexity index is 826. The quantitative estimate of drug-likeness (QED) is 0.681. The van der Waals surface area contributed by atoms with Gasteiger partial charge >= 0.3 is 0 Å². The number of nitrogens with zero attached hydrogens (tertiary/aromatic N) is 3. The summed E-state index contributed by atoms with van der Waals surface area (Å²) in [5, 5.41) is 3.66. The fraction of sp³-hybridized carbons (Fsp3) is 0.222. The molecule has 118 valence electrons. The zero-order valence-corrected chi connectivity index (χ0v) is 13.3. The van der Waals surface area contributed by atoms with Crippen molar-refractivity contribution in [1.82, 2.24) is 14.6 Å². The summed E-state index contributed by atoms with van der Waals surface area (Å²) < 4.78 is 1.99. The number of rotatable bonds is 5. The summed E-state index contributed by atoms with van der Waals surface area (Å²) in [6.07, 6.45) is 3.74. The second-order valence-electron chi connectivity index (χ2n) is 5.44. The van der Waals surface area contributed by atoms with E-state index in [0.29, 0.717) is 6.54 Å².